The molecule has 0 aromatic heterocycles. The molecule has 2 fully saturated rings. The van der Waals surface area contributed by atoms with Gasteiger partial charge in [0, 0.05) is 6.61 Å². The minimum Gasteiger partial charge on any atom is -0.468 e. The Morgan fingerprint density at radius 1 is 1.22 bits per heavy atom. The summed E-state index contributed by atoms with van der Waals surface area (Å²) in [4.78, 5) is 23.5. The van der Waals surface area contributed by atoms with Gasteiger partial charge in [-0.15, -0.1) is 0 Å². The molecule has 1 aliphatic carbocycles. The average Bonchev–Trinajstić information content (AvgIpc) is 2.37. The average molecular weight is 256 g/mol. The van der Waals surface area contributed by atoms with Crippen molar-refractivity contribution in [2.75, 3.05) is 20.8 Å². The quantitative estimate of drug-likeness (QED) is 0.562. The first-order valence-corrected chi connectivity index (χ1v) is 6.41. The summed E-state index contributed by atoms with van der Waals surface area (Å²) in [5, 5.41) is 0. The molecule has 0 amide bonds. The lowest BCUT2D eigenvalue weighted by Crippen LogP contribution is -2.49. The Bertz CT molecular complexity index is 318. The van der Waals surface area contributed by atoms with Crippen LogP contribution in [0, 0.1) is 11.8 Å². The van der Waals surface area contributed by atoms with E-state index in [1.807, 2.05) is 0 Å². The van der Waals surface area contributed by atoms with E-state index in [1.165, 1.54) is 14.2 Å². The van der Waals surface area contributed by atoms with Crippen LogP contribution in [0.25, 0.3) is 0 Å². The van der Waals surface area contributed by atoms with Crippen molar-refractivity contribution >= 4 is 11.9 Å². The van der Waals surface area contributed by atoms with Crippen LogP contribution in [0.15, 0.2) is 0 Å². The Balaban J connectivity index is 2.09. The summed E-state index contributed by atoms with van der Waals surface area (Å²) in [7, 11) is 2.60. The van der Waals surface area contributed by atoms with Crippen molar-refractivity contribution in [3.05, 3.63) is 0 Å². The van der Waals surface area contributed by atoms with Crippen molar-refractivity contribution in [1.82, 2.24) is 0 Å². The maximum absolute atomic E-state index is 11.8. The molecule has 18 heavy (non-hydrogen) atoms. The van der Waals surface area contributed by atoms with Gasteiger partial charge in [-0.1, -0.05) is 0 Å². The summed E-state index contributed by atoms with van der Waals surface area (Å²) in [5.41, 5.74) is -0.0940. The van der Waals surface area contributed by atoms with Gasteiger partial charge in [-0.3, -0.25) is 9.59 Å². The van der Waals surface area contributed by atoms with Gasteiger partial charge in [0.05, 0.1) is 19.8 Å². The summed E-state index contributed by atoms with van der Waals surface area (Å²) in [5.74, 6) is -1.83. The van der Waals surface area contributed by atoms with E-state index in [9.17, 15) is 9.59 Å². The van der Waals surface area contributed by atoms with Crippen LogP contribution in [0.4, 0.5) is 0 Å². The standard InChI is InChI=1S/C13H20O5/c1-16-11(14)10(12(15)17-2)9-4-7-18-13(8-9)5-3-6-13/h9-10H,3-8H2,1-2H3. The summed E-state index contributed by atoms with van der Waals surface area (Å²) >= 11 is 0. The van der Waals surface area contributed by atoms with E-state index in [4.69, 9.17) is 14.2 Å². The number of hydrogen-bond acceptors (Lipinski definition) is 5. The van der Waals surface area contributed by atoms with E-state index in [0.29, 0.717) is 13.0 Å². The third-order valence-electron chi connectivity index (χ3n) is 4.18. The van der Waals surface area contributed by atoms with Gasteiger partial charge in [0.25, 0.3) is 0 Å². The van der Waals surface area contributed by atoms with Crippen LogP contribution in [0.5, 0.6) is 0 Å². The van der Waals surface area contributed by atoms with Crippen molar-refractivity contribution < 1.29 is 23.8 Å². The summed E-state index contributed by atoms with van der Waals surface area (Å²) in [6, 6.07) is 0. The summed E-state index contributed by atoms with van der Waals surface area (Å²) in [6.45, 7) is 0.606. The largest absolute Gasteiger partial charge is 0.468 e. The molecule has 5 nitrogen and oxygen atoms in total. The van der Waals surface area contributed by atoms with Crippen LogP contribution in [-0.4, -0.2) is 38.4 Å². The van der Waals surface area contributed by atoms with Gasteiger partial charge in [0.2, 0.25) is 0 Å². The fourth-order valence-electron chi connectivity index (χ4n) is 3.00. The highest BCUT2D eigenvalue weighted by molar-refractivity contribution is 5.95. The zero-order valence-corrected chi connectivity index (χ0v) is 10.9. The monoisotopic (exact) mass is 256 g/mol. The molecule has 1 heterocycles. The van der Waals surface area contributed by atoms with Crippen LogP contribution < -0.4 is 0 Å². The number of carbonyl (C=O) groups excluding carboxylic acids is 2. The first-order chi connectivity index (χ1) is 8.62. The highest BCUT2D eigenvalue weighted by Crippen LogP contribution is 2.46. The number of rotatable bonds is 3. The maximum Gasteiger partial charge on any atom is 0.320 e. The Hall–Kier alpha value is -1.10. The fourth-order valence-corrected chi connectivity index (χ4v) is 3.00. The first kappa shape index (κ1) is 13.3. The topological polar surface area (TPSA) is 61.8 Å². The molecule has 2 aliphatic rings. The van der Waals surface area contributed by atoms with E-state index in [2.05, 4.69) is 0 Å². The maximum atomic E-state index is 11.8. The number of hydrogen-bond donors (Lipinski definition) is 0. The zero-order valence-electron chi connectivity index (χ0n) is 10.9. The second kappa shape index (κ2) is 5.26. The first-order valence-electron chi connectivity index (χ1n) is 6.41. The van der Waals surface area contributed by atoms with Crippen LogP contribution in [-0.2, 0) is 23.8 Å². The molecule has 0 N–H and O–H groups in total. The van der Waals surface area contributed by atoms with E-state index in [1.54, 1.807) is 0 Å². The van der Waals surface area contributed by atoms with Gasteiger partial charge in [0.15, 0.2) is 5.92 Å². The lowest BCUT2D eigenvalue weighted by molar-refractivity contribution is -0.175. The summed E-state index contributed by atoms with van der Waals surface area (Å²) < 4.78 is 15.3. The Kier molecular flexibility index (Phi) is 3.90. The molecule has 0 bridgehead atoms. The van der Waals surface area contributed by atoms with E-state index in [-0.39, 0.29) is 11.5 Å². The van der Waals surface area contributed by atoms with Crippen molar-refractivity contribution in [1.29, 1.82) is 0 Å². The fraction of sp³-hybridized carbons (Fsp3) is 0.846. The van der Waals surface area contributed by atoms with Gasteiger partial charge in [-0.25, -0.2) is 0 Å². The third kappa shape index (κ3) is 2.36. The molecule has 1 spiro atoms. The van der Waals surface area contributed by atoms with Crippen LogP contribution >= 0.6 is 0 Å². The molecule has 0 radical (unpaired) electrons. The molecule has 1 unspecified atom stereocenters. The third-order valence-corrected chi connectivity index (χ3v) is 4.18. The lowest BCUT2D eigenvalue weighted by Gasteiger charge is -2.48. The van der Waals surface area contributed by atoms with Crippen molar-refractivity contribution in [3.63, 3.8) is 0 Å². The van der Waals surface area contributed by atoms with Gasteiger partial charge in [0.1, 0.15) is 0 Å². The second-order valence-corrected chi connectivity index (χ2v) is 5.16. The highest BCUT2D eigenvalue weighted by atomic mass is 16.5. The van der Waals surface area contributed by atoms with E-state index >= 15 is 0 Å². The molecule has 1 aliphatic heterocycles. The van der Waals surface area contributed by atoms with Crippen LogP contribution in [0.1, 0.15) is 32.1 Å². The Labute approximate surface area is 107 Å². The normalized spacial score (nSPS) is 25.6. The lowest BCUT2D eigenvalue weighted by atomic mass is 9.69. The molecule has 0 aromatic rings. The smallest absolute Gasteiger partial charge is 0.320 e. The Morgan fingerprint density at radius 3 is 2.28 bits per heavy atom. The molecular weight excluding hydrogens is 236 g/mol. The number of esters is 2. The van der Waals surface area contributed by atoms with Gasteiger partial charge >= 0.3 is 11.9 Å². The second-order valence-electron chi connectivity index (χ2n) is 5.16. The number of carbonyl (C=O) groups is 2. The molecule has 1 saturated carbocycles. The van der Waals surface area contributed by atoms with Gasteiger partial charge < -0.3 is 14.2 Å². The minimum absolute atomic E-state index is 0.0288. The minimum atomic E-state index is -0.804. The highest BCUT2D eigenvalue weighted by Gasteiger charge is 2.48. The summed E-state index contributed by atoms with van der Waals surface area (Å²) in [6.07, 6.45) is 4.67. The van der Waals surface area contributed by atoms with Crippen LogP contribution in [0.3, 0.4) is 0 Å². The predicted octanol–water partition coefficient (Wildman–Crippen LogP) is 1.30. The SMILES string of the molecule is COC(=O)C(C(=O)OC)C1CCOC2(CCC2)C1. The molecule has 5 heteroatoms. The molecule has 1 atom stereocenters. The zero-order chi connectivity index (χ0) is 13.2. The molecule has 2 rings (SSSR count). The van der Waals surface area contributed by atoms with Crippen molar-refractivity contribution in [3.8, 4) is 0 Å². The van der Waals surface area contributed by atoms with Crippen molar-refractivity contribution in [2.24, 2.45) is 11.8 Å². The number of methoxy groups -OCH3 is 2. The molecule has 102 valence electrons. The predicted molar refractivity (Wildman–Crippen MR) is 62.8 cm³/mol. The van der Waals surface area contributed by atoms with Gasteiger partial charge in [-0.2, -0.15) is 0 Å². The molecular formula is C13H20O5. The number of ether oxygens (including phenoxy) is 3. The molecule has 1 saturated heterocycles. The van der Waals surface area contributed by atoms with E-state index < -0.39 is 17.9 Å². The van der Waals surface area contributed by atoms with E-state index in [0.717, 1.165) is 25.7 Å². The van der Waals surface area contributed by atoms with Crippen molar-refractivity contribution in [2.45, 2.75) is 37.7 Å². The van der Waals surface area contributed by atoms with Gasteiger partial charge in [-0.05, 0) is 38.0 Å². The van der Waals surface area contributed by atoms with Crippen LogP contribution in [0.2, 0.25) is 0 Å². The molecule has 0 aromatic carbocycles. The Morgan fingerprint density at radius 2 is 1.83 bits per heavy atom.